The van der Waals surface area contributed by atoms with Gasteiger partial charge in [0, 0.05) is 19.0 Å². The smallest absolute Gasteiger partial charge is 0.303 e. The topological polar surface area (TPSA) is 49.8 Å². The molecule has 2 aromatic carbocycles. The molecule has 0 bridgehead atoms. The van der Waals surface area contributed by atoms with Gasteiger partial charge in [-0.2, -0.15) is 0 Å². The van der Waals surface area contributed by atoms with E-state index in [0.717, 1.165) is 36.9 Å². The lowest BCUT2D eigenvalue weighted by Crippen LogP contribution is -2.48. The van der Waals surface area contributed by atoms with Crippen molar-refractivity contribution in [2.24, 2.45) is 5.92 Å². The highest BCUT2D eigenvalue weighted by Crippen LogP contribution is 2.33. The number of likely N-dealkylation sites (tertiary alicyclic amines) is 1. The first-order valence-electron chi connectivity index (χ1n) is 10.3. The largest absolute Gasteiger partial charge is 0.481 e. The van der Waals surface area contributed by atoms with Gasteiger partial charge in [-0.1, -0.05) is 67.6 Å². The van der Waals surface area contributed by atoms with Crippen molar-refractivity contribution in [3.05, 3.63) is 71.8 Å². The molecule has 1 heterocycles. The van der Waals surface area contributed by atoms with E-state index in [1.807, 2.05) is 36.4 Å². The van der Waals surface area contributed by atoms with E-state index >= 15 is 0 Å². The fourth-order valence-corrected chi connectivity index (χ4v) is 4.34. The molecule has 3 unspecified atom stereocenters. The minimum Gasteiger partial charge on any atom is -0.481 e. The Balaban J connectivity index is 1.74. The van der Waals surface area contributed by atoms with Crippen molar-refractivity contribution in [1.82, 2.24) is 4.90 Å². The van der Waals surface area contributed by atoms with Gasteiger partial charge in [0.2, 0.25) is 0 Å². The second-order valence-corrected chi connectivity index (χ2v) is 7.72. The van der Waals surface area contributed by atoms with E-state index in [1.165, 1.54) is 0 Å². The first-order valence-corrected chi connectivity index (χ1v) is 10.3. The van der Waals surface area contributed by atoms with Crippen molar-refractivity contribution in [3.8, 4) is 0 Å². The maximum Gasteiger partial charge on any atom is 0.303 e. The van der Waals surface area contributed by atoms with Gasteiger partial charge in [-0.3, -0.25) is 9.69 Å². The average molecular weight is 382 g/mol. The summed E-state index contributed by atoms with van der Waals surface area (Å²) in [7, 11) is 0. The molecule has 0 amide bonds. The van der Waals surface area contributed by atoms with Gasteiger partial charge >= 0.3 is 5.97 Å². The number of benzene rings is 2. The van der Waals surface area contributed by atoms with Crippen LogP contribution in [0.4, 0.5) is 0 Å². The van der Waals surface area contributed by atoms with Crippen LogP contribution in [0.15, 0.2) is 60.7 Å². The maximum atomic E-state index is 11.1. The minimum atomic E-state index is -0.689. The Labute approximate surface area is 168 Å². The van der Waals surface area contributed by atoms with Gasteiger partial charge in [0.1, 0.15) is 12.3 Å². The Morgan fingerprint density at radius 1 is 1.11 bits per heavy atom. The molecule has 150 valence electrons. The molecule has 3 atom stereocenters. The predicted octanol–water partition coefficient (Wildman–Crippen LogP) is 5.10. The predicted molar refractivity (Wildman–Crippen MR) is 111 cm³/mol. The summed E-state index contributed by atoms with van der Waals surface area (Å²) in [6.45, 7) is 5.19. The Hall–Kier alpha value is -2.17. The van der Waals surface area contributed by atoms with Gasteiger partial charge in [-0.25, -0.2) is 0 Å². The highest BCUT2D eigenvalue weighted by molar-refractivity contribution is 5.67. The van der Waals surface area contributed by atoms with Crippen molar-refractivity contribution in [2.45, 2.75) is 57.9 Å². The number of aliphatic carboxylic acids is 1. The highest BCUT2D eigenvalue weighted by atomic mass is 16.5. The van der Waals surface area contributed by atoms with E-state index in [0.29, 0.717) is 6.04 Å². The second-order valence-electron chi connectivity index (χ2n) is 7.72. The molecular formula is C24H31NO3. The molecular weight excluding hydrogens is 350 g/mol. The van der Waals surface area contributed by atoms with Crippen LogP contribution >= 0.6 is 0 Å². The van der Waals surface area contributed by atoms with E-state index in [4.69, 9.17) is 9.84 Å². The molecule has 0 spiro atoms. The zero-order chi connectivity index (χ0) is 19.9. The summed E-state index contributed by atoms with van der Waals surface area (Å²) < 4.78 is 6.62. The van der Waals surface area contributed by atoms with E-state index in [2.05, 4.69) is 43.0 Å². The molecule has 4 heteroatoms. The molecule has 2 aromatic rings. The Kier molecular flexibility index (Phi) is 7.24. The lowest BCUT2D eigenvalue weighted by molar-refractivity contribution is -0.140. The molecule has 1 saturated heterocycles. The van der Waals surface area contributed by atoms with Crippen LogP contribution in [-0.2, 0) is 9.53 Å². The molecule has 1 fully saturated rings. The summed E-state index contributed by atoms with van der Waals surface area (Å²) in [4.78, 5) is 13.5. The SMILES string of the molecule is CCC1CC(CC(=O)O)CCN1C(C)OC(c1ccccc1)c1ccccc1. The number of nitrogens with zero attached hydrogens (tertiary/aromatic N) is 1. The minimum absolute atomic E-state index is 0.0406. The van der Waals surface area contributed by atoms with Gasteiger partial charge in [-0.05, 0) is 43.2 Å². The van der Waals surface area contributed by atoms with Crippen molar-refractivity contribution in [2.75, 3.05) is 6.54 Å². The van der Waals surface area contributed by atoms with E-state index in [9.17, 15) is 4.79 Å². The summed E-state index contributed by atoms with van der Waals surface area (Å²) in [5.74, 6) is -0.421. The van der Waals surface area contributed by atoms with Gasteiger partial charge in [-0.15, -0.1) is 0 Å². The van der Waals surface area contributed by atoms with Crippen LogP contribution in [-0.4, -0.2) is 34.8 Å². The normalized spacial score (nSPS) is 21.5. The number of carbonyl (C=O) groups is 1. The van der Waals surface area contributed by atoms with Crippen LogP contribution in [0.3, 0.4) is 0 Å². The Morgan fingerprint density at radius 2 is 1.68 bits per heavy atom. The van der Waals surface area contributed by atoms with E-state index in [-0.39, 0.29) is 24.7 Å². The van der Waals surface area contributed by atoms with E-state index < -0.39 is 5.97 Å². The molecule has 0 aromatic heterocycles. The standard InChI is InChI=1S/C24H31NO3/c1-3-22-16-19(17-23(26)27)14-15-25(22)18(2)28-24(20-10-6-4-7-11-20)21-12-8-5-9-13-21/h4-13,18-19,22,24H,3,14-17H2,1-2H3,(H,26,27). The van der Waals surface area contributed by atoms with Crippen LogP contribution in [0.1, 0.15) is 56.8 Å². The number of carboxylic acid groups (broad SMARTS) is 1. The molecule has 4 nitrogen and oxygen atoms in total. The lowest BCUT2D eigenvalue weighted by Gasteiger charge is -2.43. The number of rotatable bonds is 8. The van der Waals surface area contributed by atoms with Crippen LogP contribution in [0.5, 0.6) is 0 Å². The summed E-state index contributed by atoms with van der Waals surface area (Å²) in [6, 6.07) is 21.0. The van der Waals surface area contributed by atoms with Crippen molar-refractivity contribution in [1.29, 1.82) is 0 Å². The maximum absolute atomic E-state index is 11.1. The first kappa shape index (κ1) is 20.6. The number of ether oxygens (including phenoxy) is 1. The molecule has 0 saturated carbocycles. The molecule has 0 aliphatic carbocycles. The van der Waals surface area contributed by atoms with Crippen LogP contribution in [0, 0.1) is 5.92 Å². The third kappa shape index (κ3) is 5.21. The molecule has 1 aliphatic heterocycles. The van der Waals surface area contributed by atoms with Crippen molar-refractivity contribution in [3.63, 3.8) is 0 Å². The molecule has 3 rings (SSSR count). The van der Waals surface area contributed by atoms with E-state index in [1.54, 1.807) is 0 Å². The molecule has 0 radical (unpaired) electrons. The first-order chi connectivity index (χ1) is 13.6. The lowest BCUT2D eigenvalue weighted by atomic mass is 9.87. The number of hydrogen-bond donors (Lipinski definition) is 1. The summed E-state index contributed by atoms with van der Waals surface area (Å²) >= 11 is 0. The third-order valence-electron chi connectivity index (χ3n) is 5.81. The highest BCUT2D eigenvalue weighted by Gasteiger charge is 2.33. The fraction of sp³-hybridized carbons (Fsp3) is 0.458. The average Bonchev–Trinajstić information content (AvgIpc) is 2.72. The van der Waals surface area contributed by atoms with Crippen LogP contribution in [0.2, 0.25) is 0 Å². The fourth-order valence-electron chi connectivity index (χ4n) is 4.34. The van der Waals surface area contributed by atoms with Crippen molar-refractivity contribution < 1.29 is 14.6 Å². The van der Waals surface area contributed by atoms with Crippen LogP contribution < -0.4 is 0 Å². The van der Waals surface area contributed by atoms with Crippen molar-refractivity contribution >= 4 is 5.97 Å². The van der Waals surface area contributed by atoms with Gasteiger partial charge < -0.3 is 9.84 Å². The number of hydrogen-bond acceptors (Lipinski definition) is 3. The molecule has 1 aliphatic rings. The van der Waals surface area contributed by atoms with Gasteiger partial charge in [0.05, 0.1) is 0 Å². The van der Waals surface area contributed by atoms with Gasteiger partial charge in [0.25, 0.3) is 0 Å². The second kappa shape index (κ2) is 9.85. The van der Waals surface area contributed by atoms with Crippen LogP contribution in [0.25, 0.3) is 0 Å². The number of carboxylic acids is 1. The quantitative estimate of drug-likeness (QED) is 0.691. The molecule has 1 N–H and O–H groups in total. The zero-order valence-corrected chi connectivity index (χ0v) is 16.8. The monoisotopic (exact) mass is 381 g/mol. The van der Waals surface area contributed by atoms with Gasteiger partial charge in [0.15, 0.2) is 0 Å². The Morgan fingerprint density at radius 3 is 2.18 bits per heavy atom. The molecule has 28 heavy (non-hydrogen) atoms. The zero-order valence-electron chi connectivity index (χ0n) is 16.8. The summed E-state index contributed by atoms with van der Waals surface area (Å²) in [5, 5.41) is 9.13. The summed E-state index contributed by atoms with van der Waals surface area (Å²) in [6.07, 6.45) is 2.96. The Bertz CT molecular complexity index is 695. The summed E-state index contributed by atoms with van der Waals surface area (Å²) in [5.41, 5.74) is 2.30. The number of piperidine rings is 1. The third-order valence-corrected chi connectivity index (χ3v) is 5.81.